The second-order valence-corrected chi connectivity index (χ2v) is 6.09. The van der Waals surface area contributed by atoms with E-state index in [-0.39, 0.29) is 18.0 Å². The van der Waals surface area contributed by atoms with Gasteiger partial charge in [0, 0.05) is 11.6 Å². The SMILES string of the molecule is CCCNC(C)c1cc(F)ccc1OC1CCCCCC1. The van der Waals surface area contributed by atoms with E-state index in [9.17, 15) is 4.39 Å². The number of halogens is 1. The standard InChI is InChI=1S/C18H28FNO/c1-3-12-20-14(2)17-13-15(19)10-11-18(17)21-16-8-6-4-5-7-9-16/h10-11,13-14,16,20H,3-9,12H2,1-2H3. The van der Waals surface area contributed by atoms with Gasteiger partial charge in [-0.2, -0.15) is 0 Å². The molecule has 0 heterocycles. The van der Waals surface area contributed by atoms with Gasteiger partial charge >= 0.3 is 0 Å². The Bertz CT molecular complexity index is 427. The lowest BCUT2D eigenvalue weighted by Gasteiger charge is -2.22. The average Bonchev–Trinajstić information content (AvgIpc) is 2.75. The van der Waals surface area contributed by atoms with Crippen LogP contribution in [0.1, 0.15) is 70.4 Å². The molecule has 1 unspecified atom stereocenters. The second-order valence-electron chi connectivity index (χ2n) is 6.09. The Morgan fingerprint density at radius 2 is 1.95 bits per heavy atom. The van der Waals surface area contributed by atoms with Gasteiger partial charge in [0.1, 0.15) is 11.6 Å². The van der Waals surface area contributed by atoms with Crippen LogP contribution < -0.4 is 10.1 Å². The topological polar surface area (TPSA) is 21.3 Å². The monoisotopic (exact) mass is 293 g/mol. The van der Waals surface area contributed by atoms with E-state index in [2.05, 4.69) is 19.2 Å². The van der Waals surface area contributed by atoms with Gasteiger partial charge < -0.3 is 10.1 Å². The van der Waals surface area contributed by atoms with E-state index in [1.165, 1.54) is 31.7 Å². The van der Waals surface area contributed by atoms with Gasteiger partial charge in [0.25, 0.3) is 0 Å². The summed E-state index contributed by atoms with van der Waals surface area (Å²) in [6.45, 7) is 5.14. The molecule has 1 N–H and O–H groups in total. The molecule has 118 valence electrons. The van der Waals surface area contributed by atoms with E-state index in [0.29, 0.717) is 0 Å². The molecule has 1 fully saturated rings. The molecule has 0 amide bonds. The molecule has 0 aromatic heterocycles. The molecule has 2 rings (SSSR count). The fourth-order valence-corrected chi connectivity index (χ4v) is 2.98. The first-order valence-corrected chi connectivity index (χ1v) is 8.40. The highest BCUT2D eigenvalue weighted by atomic mass is 19.1. The van der Waals surface area contributed by atoms with E-state index in [1.807, 2.05) is 0 Å². The molecule has 0 saturated heterocycles. The van der Waals surface area contributed by atoms with Crippen molar-refractivity contribution >= 4 is 0 Å². The molecule has 0 aliphatic heterocycles. The van der Waals surface area contributed by atoms with E-state index in [4.69, 9.17) is 4.74 Å². The Morgan fingerprint density at radius 3 is 2.62 bits per heavy atom. The average molecular weight is 293 g/mol. The molecular weight excluding hydrogens is 265 g/mol. The third kappa shape index (κ3) is 4.99. The Labute approximate surface area is 128 Å². The summed E-state index contributed by atoms with van der Waals surface area (Å²) >= 11 is 0. The highest BCUT2D eigenvalue weighted by molar-refractivity contribution is 5.36. The molecule has 1 aliphatic carbocycles. The molecule has 0 spiro atoms. The molecule has 0 radical (unpaired) electrons. The van der Waals surface area contributed by atoms with Crippen molar-refractivity contribution in [2.45, 2.75) is 70.9 Å². The van der Waals surface area contributed by atoms with Crippen LogP contribution in [-0.4, -0.2) is 12.6 Å². The number of rotatable bonds is 6. The molecule has 1 saturated carbocycles. The number of hydrogen-bond donors (Lipinski definition) is 1. The predicted molar refractivity (Wildman–Crippen MR) is 85.2 cm³/mol. The van der Waals surface area contributed by atoms with Crippen molar-refractivity contribution in [2.75, 3.05) is 6.54 Å². The summed E-state index contributed by atoms with van der Waals surface area (Å²) in [6.07, 6.45) is 8.69. The van der Waals surface area contributed by atoms with Crippen LogP contribution in [0, 0.1) is 5.82 Å². The van der Waals surface area contributed by atoms with Crippen LogP contribution >= 0.6 is 0 Å². The maximum Gasteiger partial charge on any atom is 0.124 e. The number of benzene rings is 1. The zero-order valence-corrected chi connectivity index (χ0v) is 13.3. The summed E-state index contributed by atoms with van der Waals surface area (Å²) in [5.41, 5.74) is 0.938. The maximum atomic E-state index is 13.6. The molecular formula is C18H28FNO. The quantitative estimate of drug-likeness (QED) is 0.746. The van der Waals surface area contributed by atoms with Crippen LogP contribution in [0.5, 0.6) is 5.75 Å². The van der Waals surface area contributed by atoms with Gasteiger partial charge in [-0.1, -0.05) is 19.8 Å². The first kappa shape index (κ1) is 16.3. The fraction of sp³-hybridized carbons (Fsp3) is 0.667. The Morgan fingerprint density at radius 1 is 1.24 bits per heavy atom. The van der Waals surface area contributed by atoms with Crippen LogP contribution in [0.15, 0.2) is 18.2 Å². The lowest BCUT2D eigenvalue weighted by Crippen LogP contribution is -2.22. The third-order valence-corrected chi connectivity index (χ3v) is 4.23. The molecule has 1 aliphatic rings. The summed E-state index contributed by atoms with van der Waals surface area (Å²) in [7, 11) is 0. The third-order valence-electron chi connectivity index (χ3n) is 4.23. The van der Waals surface area contributed by atoms with Crippen LogP contribution in [0.25, 0.3) is 0 Å². The van der Waals surface area contributed by atoms with Crippen molar-refractivity contribution in [2.24, 2.45) is 0 Å². The van der Waals surface area contributed by atoms with Crippen LogP contribution in [0.3, 0.4) is 0 Å². The summed E-state index contributed by atoms with van der Waals surface area (Å²) in [5, 5.41) is 3.42. The normalized spacial score (nSPS) is 18.2. The van der Waals surface area contributed by atoms with Crippen molar-refractivity contribution < 1.29 is 9.13 Å². The molecule has 1 atom stereocenters. The summed E-state index contributed by atoms with van der Waals surface area (Å²) in [6, 6.07) is 5.02. The number of hydrogen-bond acceptors (Lipinski definition) is 2. The smallest absolute Gasteiger partial charge is 0.124 e. The summed E-state index contributed by atoms with van der Waals surface area (Å²) in [5.74, 6) is 0.655. The largest absolute Gasteiger partial charge is 0.490 e. The lowest BCUT2D eigenvalue weighted by atomic mass is 10.1. The zero-order valence-electron chi connectivity index (χ0n) is 13.3. The lowest BCUT2D eigenvalue weighted by molar-refractivity contribution is 0.180. The fourth-order valence-electron chi connectivity index (χ4n) is 2.98. The summed E-state index contributed by atoms with van der Waals surface area (Å²) < 4.78 is 19.8. The van der Waals surface area contributed by atoms with Gasteiger partial charge in [-0.05, 0) is 63.8 Å². The number of nitrogens with one attached hydrogen (secondary N) is 1. The number of ether oxygens (including phenoxy) is 1. The highest BCUT2D eigenvalue weighted by Gasteiger charge is 2.18. The Hall–Kier alpha value is -1.09. The van der Waals surface area contributed by atoms with Gasteiger partial charge in [0.2, 0.25) is 0 Å². The molecule has 3 heteroatoms. The van der Waals surface area contributed by atoms with Gasteiger partial charge in [-0.3, -0.25) is 0 Å². The predicted octanol–water partition coefficient (Wildman–Crippen LogP) is 4.99. The summed E-state index contributed by atoms with van der Waals surface area (Å²) in [4.78, 5) is 0. The minimum atomic E-state index is -0.191. The van der Waals surface area contributed by atoms with Crippen molar-refractivity contribution in [3.8, 4) is 5.75 Å². The molecule has 1 aromatic rings. The van der Waals surface area contributed by atoms with Gasteiger partial charge in [0.15, 0.2) is 0 Å². The molecule has 0 bridgehead atoms. The zero-order chi connectivity index (χ0) is 15.1. The van der Waals surface area contributed by atoms with E-state index >= 15 is 0 Å². The Balaban J connectivity index is 2.09. The van der Waals surface area contributed by atoms with Crippen molar-refractivity contribution in [1.82, 2.24) is 5.32 Å². The van der Waals surface area contributed by atoms with Gasteiger partial charge in [-0.15, -0.1) is 0 Å². The molecule has 2 nitrogen and oxygen atoms in total. The van der Waals surface area contributed by atoms with Crippen LogP contribution in [0.4, 0.5) is 4.39 Å². The van der Waals surface area contributed by atoms with E-state index < -0.39 is 0 Å². The minimum Gasteiger partial charge on any atom is -0.490 e. The highest BCUT2D eigenvalue weighted by Crippen LogP contribution is 2.30. The maximum absolute atomic E-state index is 13.6. The van der Waals surface area contributed by atoms with Gasteiger partial charge in [-0.25, -0.2) is 4.39 Å². The van der Waals surface area contributed by atoms with Crippen molar-refractivity contribution in [3.05, 3.63) is 29.6 Å². The van der Waals surface area contributed by atoms with Crippen molar-refractivity contribution in [3.63, 3.8) is 0 Å². The minimum absolute atomic E-state index is 0.112. The van der Waals surface area contributed by atoms with Gasteiger partial charge in [0.05, 0.1) is 6.10 Å². The first-order valence-electron chi connectivity index (χ1n) is 8.40. The Kier molecular flexibility index (Phi) is 6.50. The van der Waals surface area contributed by atoms with Crippen LogP contribution in [0.2, 0.25) is 0 Å². The van der Waals surface area contributed by atoms with E-state index in [0.717, 1.165) is 37.1 Å². The second kappa shape index (κ2) is 8.38. The van der Waals surface area contributed by atoms with E-state index in [1.54, 1.807) is 12.1 Å². The van der Waals surface area contributed by atoms with Crippen LogP contribution in [-0.2, 0) is 0 Å². The molecule has 1 aromatic carbocycles. The van der Waals surface area contributed by atoms with Crippen molar-refractivity contribution in [1.29, 1.82) is 0 Å². The molecule has 21 heavy (non-hydrogen) atoms. The first-order chi connectivity index (χ1) is 10.2.